The summed E-state index contributed by atoms with van der Waals surface area (Å²) in [5.41, 5.74) is 0. The van der Waals surface area contributed by atoms with Crippen molar-refractivity contribution in [2.45, 2.75) is 13.8 Å². The van der Waals surface area contributed by atoms with Gasteiger partial charge >= 0.3 is 12.1 Å². The van der Waals surface area contributed by atoms with Gasteiger partial charge in [-0.05, 0) is 13.8 Å². The van der Waals surface area contributed by atoms with Crippen LogP contribution in [0.25, 0.3) is 0 Å². The largest absolute Gasteiger partial charge is 0.450 e. The Morgan fingerprint density at radius 1 is 1.07 bits per heavy atom. The predicted octanol–water partition coefficient (Wildman–Crippen LogP) is 0.0516. The minimum Gasteiger partial charge on any atom is -0.450 e. The van der Waals surface area contributed by atoms with E-state index in [-0.39, 0.29) is 6.03 Å². The van der Waals surface area contributed by atoms with Crippen molar-refractivity contribution in [3.05, 3.63) is 0 Å². The van der Waals surface area contributed by atoms with E-state index < -0.39 is 6.09 Å². The molecule has 0 heterocycles. The molecule has 3 N–H and O–H groups in total. The molecule has 0 spiro atoms. The fourth-order valence-corrected chi connectivity index (χ4v) is 0.746. The number of rotatable bonds is 5. The smallest absolute Gasteiger partial charge is 0.407 e. The molecule has 0 bridgehead atoms. The van der Waals surface area contributed by atoms with E-state index in [9.17, 15) is 9.59 Å². The minimum atomic E-state index is -0.467. The number of hydrogen-bond donors (Lipinski definition) is 3. The van der Waals surface area contributed by atoms with Crippen LogP contribution in [0.1, 0.15) is 13.8 Å². The summed E-state index contributed by atoms with van der Waals surface area (Å²) >= 11 is 0. The predicted molar refractivity (Wildman–Crippen MR) is 52.1 cm³/mol. The molecule has 0 aliphatic carbocycles. The van der Waals surface area contributed by atoms with Gasteiger partial charge in [0.15, 0.2) is 0 Å². The summed E-state index contributed by atoms with van der Waals surface area (Å²) in [6.45, 7) is 5.22. The minimum absolute atomic E-state index is 0.238. The number of alkyl carbamates (subject to hydrolysis) is 1. The molecule has 0 aliphatic heterocycles. The number of ether oxygens (including phenoxy) is 1. The van der Waals surface area contributed by atoms with Gasteiger partial charge in [0, 0.05) is 19.6 Å². The molecule has 0 aromatic rings. The Morgan fingerprint density at radius 3 is 2.29 bits per heavy atom. The number of hydrogen-bond acceptors (Lipinski definition) is 3. The lowest BCUT2D eigenvalue weighted by Crippen LogP contribution is -2.40. The maximum absolute atomic E-state index is 10.8. The van der Waals surface area contributed by atoms with Crippen LogP contribution in [-0.4, -0.2) is 38.4 Å². The molecule has 0 atom stereocenters. The van der Waals surface area contributed by atoms with Crippen molar-refractivity contribution < 1.29 is 14.3 Å². The van der Waals surface area contributed by atoms with E-state index in [1.807, 2.05) is 6.92 Å². The molecule has 3 amide bonds. The highest BCUT2D eigenvalue weighted by molar-refractivity contribution is 5.73. The summed E-state index contributed by atoms with van der Waals surface area (Å²) in [6.07, 6.45) is -0.467. The zero-order chi connectivity index (χ0) is 10.8. The van der Waals surface area contributed by atoms with E-state index in [0.717, 1.165) is 0 Å². The van der Waals surface area contributed by atoms with Gasteiger partial charge in [0.1, 0.15) is 0 Å². The van der Waals surface area contributed by atoms with E-state index in [1.54, 1.807) is 6.92 Å². The third kappa shape index (κ3) is 7.20. The van der Waals surface area contributed by atoms with Gasteiger partial charge in [-0.25, -0.2) is 9.59 Å². The summed E-state index contributed by atoms with van der Waals surface area (Å²) in [7, 11) is 0. The van der Waals surface area contributed by atoms with Crippen molar-refractivity contribution in [1.29, 1.82) is 0 Å². The molecule has 0 aromatic carbocycles. The normalized spacial score (nSPS) is 9.00. The van der Waals surface area contributed by atoms with Crippen LogP contribution in [0.3, 0.4) is 0 Å². The third-order valence-corrected chi connectivity index (χ3v) is 1.29. The second-order valence-electron chi connectivity index (χ2n) is 2.43. The van der Waals surface area contributed by atoms with Gasteiger partial charge in [0.2, 0.25) is 0 Å². The lowest BCUT2D eigenvalue weighted by atomic mass is 10.6. The Balaban J connectivity index is 3.28. The van der Waals surface area contributed by atoms with Gasteiger partial charge in [0.25, 0.3) is 0 Å². The van der Waals surface area contributed by atoms with Crippen LogP contribution in [0, 0.1) is 0 Å². The molecule has 0 unspecified atom stereocenters. The first kappa shape index (κ1) is 12.5. The van der Waals surface area contributed by atoms with E-state index >= 15 is 0 Å². The van der Waals surface area contributed by atoms with Crippen molar-refractivity contribution >= 4 is 12.1 Å². The third-order valence-electron chi connectivity index (χ3n) is 1.29. The zero-order valence-corrected chi connectivity index (χ0v) is 8.55. The second kappa shape index (κ2) is 8.15. The van der Waals surface area contributed by atoms with Crippen molar-refractivity contribution in [3.63, 3.8) is 0 Å². The van der Waals surface area contributed by atoms with Gasteiger partial charge in [-0.3, -0.25) is 0 Å². The van der Waals surface area contributed by atoms with Crippen LogP contribution >= 0.6 is 0 Å². The zero-order valence-electron chi connectivity index (χ0n) is 8.55. The lowest BCUT2D eigenvalue weighted by molar-refractivity contribution is 0.152. The molecule has 0 rings (SSSR count). The molecule has 0 aliphatic rings. The van der Waals surface area contributed by atoms with Crippen molar-refractivity contribution in [2.24, 2.45) is 0 Å². The fourth-order valence-electron chi connectivity index (χ4n) is 0.746. The number of carbonyl (C=O) groups excluding carboxylic acids is 2. The van der Waals surface area contributed by atoms with Gasteiger partial charge in [-0.15, -0.1) is 0 Å². The van der Waals surface area contributed by atoms with Crippen molar-refractivity contribution in [3.8, 4) is 0 Å². The topological polar surface area (TPSA) is 79.5 Å². The summed E-state index contributed by atoms with van der Waals surface area (Å²) in [4.78, 5) is 21.6. The van der Waals surface area contributed by atoms with Gasteiger partial charge in [-0.2, -0.15) is 0 Å². The van der Waals surface area contributed by atoms with Crippen LogP contribution < -0.4 is 16.0 Å². The highest BCUT2D eigenvalue weighted by Crippen LogP contribution is 1.74. The van der Waals surface area contributed by atoms with E-state index in [0.29, 0.717) is 26.2 Å². The molecule has 0 fully saturated rings. The molecule has 0 radical (unpaired) electrons. The first-order chi connectivity index (χ1) is 6.70. The summed E-state index contributed by atoms with van der Waals surface area (Å²) in [6, 6.07) is -0.238. The molecular formula is C8H17N3O3. The van der Waals surface area contributed by atoms with Crippen LogP contribution in [0.5, 0.6) is 0 Å². The van der Waals surface area contributed by atoms with E-state index in [4.69, 9.17) is 0 Å². The highest BCUT2D eigenvalue weighted by atomic mass is 16.5. The average molecular weight is 203 g/mol. The molecule has 14 heavy (non-hydrogen) atoms. The Morgan fingerprint density at radius 2 is 1.71 bits per heavy atom. The average Bonchev–Trinajstić information content (AvgIpc) is 2.13. The van der Waals surface area contributed by atoms with Gasteiger partial charge in [-0.1, -0.05) is 0 Å². The molecule has 6 heteroatoms. The Hall–Kier alpha value is -1.46. The van der Waals surface area contributed by atoms with Gasteiger partial charge in [0.05, 0.1) is 6.61 Å². The summed E-state index contributed by atoms with van der Waals surface area (Å²) in [5.74, 6) is 0. The van der Waals surface area contributed by atoms with Crippen LogP contribution in [-0.2, 0) is 4.74 Å². The lowest BCUT2D eigenvalue weighted by Gasteiger charge is -2.06. The first-order valence-corrected chi connectivity index (χ1v) is 4.63. The summed E-state index contributed by atoms with van der Waals surface area (Å²) < 4.78 is 4.62. The maximum atomic E-state index is 10.8. The van der Waals surface area contributed by atoms with Gasteiger partial charge < -0.3 is 20.7 Å². The monoisotopic (exact) mass is 203 g/mol. The molecule has 6 nitrogen and oxygen atoms in total. The van der Waals surface area contributed by atoms with E-state index in [1.165, 1.54) is 0 Å². The molecular weight excluding hydrogens is 186 g/mol. The molecule has 0 aromatic heterocycles. The second-order valence-corrected chi connectivity index (χ2v) is 2.43. The van der Waals surface area contributed by atoms with Crippen molar-refractivity contribution in [2.75, 3.05) is 26.2 Å². The van der Waals surface area contributed by atoms with Crippen molar-refractivity contribution in [1.82, 2.24) is 16.0 Å². The molecule has 0 saturated carbocycles. The Labute approximate surface area is 83.4 Å². The number of urea groups is 1. The molecule has 82 valence electrons. The van der Waals surface area contributed by atoms with Crippen LogP contribution in [0.4, 0.5) is 9.59 Å². The number of amides is 3. The van der Waals surface area contributed by atoms with E-state index in [2.05, 4.69) is 20.7 Å². The summed E-state index contributed by atoms with van der Waals surface area (Å²) in [5, 5.41) is 7.60. The standard InChI is InChI=1S/C8H17N3O3/c1-3-9-7(12)10-5-6-11-8(13)14-4-2/h3-6H2,1-2H3,(H,11,13)(H2,9,10,12). The first-order valence-electron chi connectivity index (χ1n) is 4.63. The Bertz CT molecular complexity index is 165. The molecule has 0 saturated heterocycles. The van der Waals surface area contributed by atoms with Crippen LogP contribution in [0.2, 0.25) is 0 Å². The Kier molecular flexibility index (Phi) is 7.30. The maximum Gasteiger partial charge on any atom is 0.407 e. The fraction of sp³-hybridized carbons (Fsp3) is 0.750. The number of nitrogens with one attached hydrogen (secondary N) is 3. The number of carbonyl (C=O) groups is 2. The van der Waals surface area contributed by atoms with Crippen LogP contribution in [0.15, 0.2) is 0 Å². The highest BCUT2D eigenvalue weighted by Gasteiger charge is 1.99. The SMILES string of the molecule is CCNC(=O)NCCNC(=O)OCC. The quantitative estimate of drug-likeness (QED) is 0.552.